The summed E-state index contributed by atoms with van der Waals surface area (Å²) in [5.41, 5.74) is 4.02. The fraction of sp³-hybridized carbons (Fsp3) is 0.111. The number of rotatable bonds is 3. The Labute approximate surface area is 143 Å². The molecule has 0 saturated heterocycles. The topological polar surface area (TPSA) is 65.7 Å². The van der Waals surface area contributed by atoms with Gasteiger partial charge >= 0.3 is 0 Å². The van der Waals surface area contributed by atoms with Crippen LogP contribution in [0.15, 0.2) is 49.2 Å². The molecule has 0 radical (unpaired) electrons. The lowest BCUT2D eigenvalue weighted by Crippen LogP contribution is -1.98. The summed E-state index contributed by atoms with van der Waals surface area (Å²) >= 11 is 0. The number of hydrogen-bond acceptors (Lipinski definition) is 5. The highest BCUT2D eigenvalue weighted by Gasteiger charge is 2.11. The van der Waals surface area contributed by atoms with Crippen LogP contribution in [0.25, 0.3) is 28.1 Å². The quantitative estimate of drug-likeness (QED) is 0.574. The van der Waals surface area contributed by atoms with Crippen molar-refractivity contribution >= 4 is 11.0 Å². The number of nitrogens with zero attached hydrogens (tertiary/aromatic N) is 5. The summed E-state index contributed by atoms with van der Waals surface area (Å²) < 4.78 is 20.2. The van der Waals surface area contributed by atoms with Gasteiger partial charge in [-0.3, -0.25) is 9.55 Å². The fourth-order valence-electron chi connectivity index (χ4n) is 2.70. The predicted molar refractivity (Wildman–Crippen MR) is 91.1 cm³/mol. The molecule has 124 valence electrons. The SMILES string of the molecule is COc1cnc(-n2cnc3cnc(-c4ccc(F)cc4C)cc32)cn1. The molecule has 4 rings (SSSR count). The molecule has 0 N–H and O–H groups in total. The molecule has 0 aliphatic heterocycles. The van der Waals surface area contributed by atoms with E-state index in [9.17, 15) is 4.39 Å². The first-order valence-electron chi connectivity index (χ1n) is 7.62. The Hall–Kier alpha value is -3.35. The van der Waals surface area contributed by atoms with Crippen LogP contribution in [0.2, 0.25) is 0 Å². The third-order valence-corrected chi connectivity index (χ3v) is 3.97. The van der Waals surface area contributed by atoms with Gasteiger partial charge in [0.1, 0.15) is 17.7 Å². The molecule has 0 saturated carbocycles. The van der Waals surface area contributed by atoms with Gasteiger partial charge in [-0.1, -0.05) is 0 Å². The predicted octanol–water partition coefficient (Wildman–Crippen LogP) is 3.33. The van der Waals surface area contributed by atoms with E-state index in [1.807, 2.05) is 17.6 Å². The molecule has 0 unspecified atom stereocenters. The van der Waals surface area contributed by atoms with Crippen molar-refractivity contribution in [3.8, 4) is 23.0 Å². The van der Waals surface area contributed by atoms with Crippen molar-refractivity contribution in [3.05, 3.63) is 60.6 Å². The van der Waals surface area contributed by atoms with Gasteiger partial charge in [0.25, 0.3) is 0 Å². The van der Waals surface area contributed by atoms with Gasteiger partial charge in [0.05, 0.1) is 36.9 Å². The number of imidazole rings is 1. The maximum atomic E-state index is 13.4. The van der Waals surface area contributed by atoms with E-state index in [0.29, 0.717) is 11.7 Å². The largest absolute Gasteiger partial charge is 0.480 e. The lowest BCUT2D eigenvalue weighted by atomic mass is 10.0. The smallest absolute Gasteiger partial charge is 0.232 e. The molecular formula is C18H14FN5O. The Kier molecular flexibility index (Phi) is 3.61. The zero-order valence-corrected chi connectivity index (χ0v) is 13.6. The molecule has 0 fully saturated rings. The van der Waals surface area contributed by atoms with Crippen molar-refractivity contribution in [2.45, 2.75) is 6.92 Å². The van der Waals surface area contributed by atoms with Crippen LogP contribution in [0.5, 0.6) is 5.88 Å². The number of hydrogen-bond donors (Lipinski definition) is 0. The molecule has 0 aliphatic carbocycles. The van der Waals surface area contributed by atoms with Gasteiger partial charge in [0.2, 0.25) is 5.88 Å². The molecule has 1 aromatic carbocycles. The van der Waals surface area contributed by atoms with Crippen molar-refractivity contribution in [2.24, 2.45) is 0 Å². The molecule has 7 heteroatoms. The van der Waals surface area contributed by atoms with Crippen LogP contribution >= 0.6 is 0 Å². The molecule has 4 aromatic rings. The van der Waals surface area contributed by atoms with Crippen LogP contribution in [0.3, 0.4) is 0 Å². The zero-order valence-electron chi connectivity index (χ0n) is 13.6. The standard InChI is InChI=1S/C18H14FN5O/c1-11-5-12(19)3-4-13(11)14-6-16-15(7-20-14)23-10-24(16)17-8-22-18(25-2)9-21-17/h3-10H,1-2H3. The van der Waals surface area contributed by atoms with E-state index in [-0.39, 0.29) is 5.82 Å². The Bertz CT molecular complexity index is 1060. The van der Waals surface area contributed by atoms with Gasteiger partial charge < -0.3 is 4.74 Å². The molecule has 0 aliphatic rings. The number of aromatic nitrogens is 5. The Balaban J connectivity index is 1.84. The fourth-order valence-corrected chi connectivity index (χ4v) is 2.70. The van der Waals surface area contributed by atoms with E-state index < -0.39 is 0 Å². The second-order valence-electron chi connectivity index (χ2n) is 5.55. The minimum Gasteiger partial charge on any atom is -0.480 e. The normalized spacial score (nSPS) is 11.0. The number of ether oxygens (including phenoxy) is 1. The zero-order chi connectivity index (χ0) is 17.4. The number of pyridine rings is 1. The minimum absolute atomic E-state index is 0.263. The average Bonchev–Trinajstić information content (AvgIpc) is 3.05. The number of fused-ring (bicyclic) bond motifs is 1. The molecule has 3 aromatic heterocycles. The van der Waals surface area contributed by atoms with E-state index in [2.05, 4.69) is 19.9 Å². The van der Waals surface area contributed by atoms with Gasteiger partial charge in [0.15, 0.2) is 5.82 Å². The van der Waals surface area contributed by atoms with Crippen molar-refractivity contribution < 1.29 is 9.13 Å². The van der Waals surface area contributed by atoms with Crippen LogP contribution in [-0.4, -0.2) is 31.6 Å². The third kappa shape index (κ3) is 2.69. The number of methoxy groups -OCH3 is 1. The molecule has 25 heavy (non-hydrogen) atoms. The van der Waals surface area contributed by atoms with Crippen LogP contribution in [-0.2, 0) is 0 Å². The van der Waals surface area contributed by atoms with Gasteiger partial charge in [-0.2, -0.15) is 0 Å². The van der Waals surface area contributed by atoms with E-state index in [1.165, 1.54) is 12.1 Å². The summed E-state index contributed by atoms with van der Waals surface area (Å²) in [6.45, 7) is 1.86. The molecule has 0 bridgehead atoms. The highest BCUT2D eigenvalue weighted by atomic mass is 19.1. The maximum Gasteiger partial charge on any atom is 0.232 e. The van der Waals surface area contributed by atoms with Crippen LogP contribution in [0.4, 0.5) is 4.39 Å². The monoisotopic (exact) mass is 335 g/mol. The van der Waals surface area contributed by atoms with Crippen LogP contribution in [0, 0.1) is 12.7 Å². The molecule has 0 amide bonds. The number of benzene rings is 1. The van der Waals surface area contributed by atoms with Gasteiger partial charge in [0, 0.05) is 5.56 Å². The van der Waals surface area contributed by atoms with Crippen molar-refractivity contribution in [3.63, 3.8) is 0 Å². The van der Waals surface area contributed by atoms with Gasteiger partial charge in [-0.25, -0.2) is 19.3 Å². The molecule has 3 heterocycles. The maximum absolute atomic E-state index is 13.4. The summed E-state index contributed by atoms with van der Waals surface area (Å²) in [6.07, 6.45) is 6.53. The van der Waals surface area contributed by atoms with E-state index in [0.717, 1.165) is 27.9 Å². The average molecular weight is 335 g/mol. The molecule has 0 atom stereocenters. The van der Waals surface area contributed by atoms with Crippen LogP contribution < -0.4 is 4.74 Å². The summed E-state index contributed by atoms with van der Waals surface area (Å²) in [6, 6.07) is 6.56. The van der Waals surface area contributed by atoms with Gasteiger partial charge in [-0.05, 0) is 36.8 Å². The first-order chi connectivity index (χ1) is 12.2. The molecular weight excluding hydrogens is 321 g/mol. The molecule has 0 spiro atoms. The summed E-state index contributed by atoms with van der Waals surface area (Å²) in [7, 11) is 1.54. The third-order valence-electron chi connectivity index (χ3n) is 3.97. The lowest BCUT2D eigenvalue weighted by Gasteiger charge is -2.07. The van der Waals surface area contributed by atoms with E-state index >= 15 is 0 Å². The minimum atomic E-state index is -0.263. The molecule has 6 nitrogen and oxygen atoms in total. The number of halogens is 1. The summed E-state index contributed by atoms with van der Waals surface area (Å²) in [4.78, 5) is 17.3. The summed E-state index contributed by atoms with van der Waals surface area (Å²) in [5.74, 6) is 0.801. The highest BCUT2D eigenvalue weighted by Crippen LogP contribution is 2.26. The Morgan fingerprint density at radius 3 is 2.60 bits per heavy atom. The second-order valence-corrected chi connectivity index (χ2v) is 5.55. The van der Waals surface area contributed by atoms with Crippen LogP contribution in [0.1, 0.15) is 5.56 Å². The van der Waals surface area contributed by atoms with Crippen molar-refractivity contribution in [1.82, 2.24) is 24.5 Å². The van der Waals surface area contributed by atoms with E-state index in [4.69, 9.17) is 4.74 Å². The Morgan fingerprint density at radius 2 is 1.88 bits per heavy atom. The second kappa shape index (κ2) is 5.94. The number of aryl methyl sites for hydroxylation is 1. The summed E-state index contributed by atoms with van der Waals surface area (Å²) in [5, 5.41) is 0. The first kappa shape index (κ1) is 15.2. The van der Waals surface area contributed by atoms with E-state index in [1.54, 1.807) is 38.1 Å². The lowest BCUT2D eigenvalue weighted by molar-refractivity contribution is 0.395. The van der Waals surface area contributed by atoms with Crippen molar-refractivity contribution in [2.75, 3.05) is 7.11 Å². The van der Waals surface area contributed by atoms with Gasteiger partial charge in [-0.15, -0.1) is 0 Å². The Morgan fingerprint density at radius 1 is 1.00 bits per heavy atom. The highest BCUT2D eigenvalue weighted by molar-refractivity contribution is 5.81. The first-order valence-corrected chi connectivity index (χ1v) is 7.62. The van der Waals surface area contributed by atoms with Crippen molar-refractivity contribution in [1.29, 1.82) is 0 Å².